The Morgan fingerprint density at radius 3 is 2.79 bits per heavy atom. The van der Waals surface area contributed by atoms with Crippen molar-refractivity contribution in [1.82, 2.24) is 10.2 Å². The summed E-state index contributed by atoms with van der Waals surface area (Å²) in [5, 5.41) is 12.8. The van der Waals surface area contributed by atoms with Crippen molar-refractivity contribution in [2.45, 2.75) is 25.4 Å². The van der Waals surface area contributed by atoms with Crippen LogP contribution in [0.4, 0.5) is 0 Å². The molecule has 1 aliphatic heterocycles. The zero-order valence-electron chi connectivity index (χ0n) is 11.4. The summed E-state index contributed by atoms with van der Waals surface area (Å²) < 4.78 is 5.27. The molecular weight excluding hydrogens is 244 g/mol. The van der Waals surface area contributed by atoms with Gasteiger partial charge in [0, 0.05) is 32.1 Å². The summed E-state index contributed by atoms with van der Waals surface area (Å²) >= 11 is 0. The highest BCUT2D eigenvalue weighted by atomic mass is 16.5. The lowest BCUT2D eigenvalue weighted by Crippen LogP contribution is -2.44. The predicted octanol–water partition coefficient (Wildman–Crippen LogP) is -0.158. The first kappa shape index (κ1) is 13.3. The van der Waals surface area contributed by atoms with Crippen LogP contribution >= 0.6 is 0 Å². The van der Waals surface area contributed by atoms with Crippen LogP contribution in [0.25, 0.3) is 0 Å². The molecule has 108 valence electrons. The van der Waals surface area contributed by atoms with E-state index in [0.717, 1.165) is 38.6 Å². The number of aliphatic hydroxyl groups is 1. The SMILES string of the molecule is O=C(NC[C@H](O)CN1CCOCC1)[C@@H]1C[C@H]1C1CC1. The van der Waals surface area contributed by atoms with Gasteiger partial charge in [0.1, 0.15) is 0 Å². The van der Waals surface area contributed by atoms with Gasteiger partial charge in [-0.25, -0.2) is 0 Å². The lowest BCUT2D eigenvalue weighted by Gasteiger charge is -2.28. The van der Waals surface area contributed by atoms with Gasteiger partial charge in [0.2, 0.25) is 5.91 Å². The number of nitrogens with zero attached hydrogens (tertiary/aromatic N) is 1. The molecule has 5 heteroatoms. The highest BCUT2D eigenvalue weighted by Crippen LogP contribution is 2.54. The quantitative estimate of drug-likeness (QED) is 0.703. The summed E-state index contributed by atoms with van der Waals surface area (Å²) in [6, 6.07) is 0. The molecule has 3 aliphatic rings. The van der Waals surface area contributed by atoms with Crippen LogP contribution in [0.15, 0.2) is 0 Å². The smallest absolute Gasteiger partial charge is 0.223 e. The number of β-amino-alcohol motifs (C(OH)–C–C–N with tert-alkyl or cyclic N) is 1. The van der Waals surface area contributed by atoms with Crippen LogP contribution in [0.5, 0.6) is 0 Å². The van der Waals surface area contributed by atoms with Gasteiger partial charge < -0.3 is 15.2 Å². The van der Waals surface area contributed by atoms with Crippen LogP contribution in [0.1, 0.15) is 19.3 Å². The molecule has 0 radical (unpaired) electrons. The zero-order chi connectivity index (χ0) is 13.2. The van der Waals surface area contributed by atoms with Gasteiger partial charge in [-0.15, -0.1) is 0 Å². The molecule has 0 aromatic carbocycles. The molecule has 1 heterocycles. The van der Waals surface area contributed by atoms with Crippen LogP contribution in [-0.2, 0) is 9.53 Å². The maximum atomic E-state index is 11.9. The Kier molecular flexibility index (Phi) is 4.05. The first-order valence-electron chi connectivity index (χ1n) is 7.50. The number of ether oxygens (including phenoxy) is 1. The van der Waals surface area contributed by atoms with Crippen molar-refractivity contribution in [2.75, 3.05) is 39.4 Å². The summed E-state index contributed by atoms with van der Waals surface area (Å²) in [5.74, 6) is 1.87. The van der Waals surface area contributed by atoms with Crippen molar-refractivity contribution in [1.29, 1.82) is 0 Å². The second-order valence-electron chi connectivity index (χ2n) is 6.16. The maximum Gasteiger partial charge on any atom is 0.223 e. The fourth-order valence-electron chi connectivity index (χ4n) is 3.06. The second-order valence-corrected chi connectivity index (χ2v) is 6.16. The summed E-state index contributed by atoms with van der Waals surface area (Å²) in [5.41, 5.74) is 0. The lowest BCUT2D eigenvalue weighted by molar-refractivity contribution is -0.123. The third-order valence-electron chi connectivity index (χ3n) is 4.49. The number of amides is 1. The zero-order valence-corrected chi connectivity index (χ0v) is 11.4. The molecule has 5 nitrogen and oxygen atoms in total. The van der Waals surface area contributed by atoms with Gasteiger partial charge >= 0.3 is 0 Å². The topological polar surface area (TPSA) is 61.8 Å². The van der Waals surface area contributed by atoms with Crippen LogP contribution in [0.3, 0.4) is 0 Å². The van der Waals surface area contributed by atoms with E-state index in [1.54, 1.807) is 0 Å². The van der Waals surface area contributed by atoms with Gasteiger partial charge in [0.25, 0.3) is 0 Å². The van der Waals surface area contributed by atoms with Gasteiger partial charge in [0.05, 0.1) is 19.3 Å². The molecule has 19 heavy (non-hydrogen) atoms. The molecule has 0 unspecified atom stereocenters. The summed E-state index contributed by atoms with van der Waals surface area (Å²) in [6.07, 6.45) is 3.22. The Bertz CT molecular complexity index is 327. The molecule has 2 aliphatic carbocycles. The van der Waals surface area contributed by atoms with Gasteiger partial charge in [-0.05, 0) is 31.1 Å². The number of morpholine rings is 1. The van der Waals surface area contributed by atoms with Crippen LogP contribution in [-0.4, -0.2) is 61.4 Å². The minimum atomic E-state index is -0.472. The Balaban J connectivity index is 1.31. The van der Waals surface area contributed by atoms with Crippen LogP contribution in [0.2, 0.25) is 0 Å². The summed E-state index contributed by atoms with van der Waals surface area (Å²) in [7, 11) is 0. The van der Waals surface area contributed by atoms with Crippen LogP contribution < -0.4 is 5.32 Å². The third-order valence-corrected chi connectivity index (χ3v) is 4.49. The van der Waals surface area contributed by atoms with E-state index in [1.165, 1.54) is 12.8 Å². The Morgan fingerprint density at radius 1 is 1.37 bits per heavy atom. The van der Waals surface area contributed by atoms with E-state index >= 15 is 0 Å². The largest absolute Gasteiger partial charge is 0.390 e. The average Bonchev–Trinajstić information content (AvgIpc) is 3.28. The molecular formula is C14H24N2O3. The molecule has 0 bridgehead atoms. The highest BCUT2D eigenvalue weighted by molar-refractivity contribution is 5.81. The first-order valence-corrected chi connectivity index (χ1v) is 7.50. The highest BCUT2D eigenvalue weighted by Gasteiger charge is 2.50. The van der Waals surface area contributed by atoms with E-state index in [0.29, 0.717) is 19.0 Å². The van der Waals surface area contributed by atoms with Crippen molar-refractivity contribution in [3.63, 3.8) is 0 Å². The molecule has 0 spiro atoms. The van der Waals surface area contributed by atoms with Gasteiger partial charge in [0.15, 0.2) is 0 Å². The number of hydrogen-bond donors (Lipinski definition) is 2. The molecule has 3 atom stereocenters. The molecule has 0 aromatic heterocycles. The summed E-state index contributed by atoms with van der Waals surface area (Å²) in [6.45, 7) is 4.23. The van der Waals surface area contributed by atoms with Gasteiger partial charge in [-0.2, -0.15) is 0 Å². The Labute approximate surface area is 114 Å². The minimum Gasteiger partial charge on any atom is -0.390 e. The number of hydrogen-bond acceptors (Lipinski definition) is 4. The van der Waals surface area contributed by atoms with E-state index in [1.807, 2.05) is 0 Å². The van der Waals surface area contributed by atoms with Crippen molar-refractivity contribution in [3.8, 4) is 0 Å². The molecule has 2 N–H and O–H groups in total. The standard InChI is InChI=1S/C14H24N2O3/c17-11(9-16-3-5-19-6-4-16)8-15-14(18)13-7-12(13)10-1-2-10/h10-13,17H,1-9H2,(H,15,18)/t11-,12-,13+/m0/s1. The molecule has 1 amide bonds. The third kappa shape index (κ3) is 3.68. The maximum absolute atomic E-state index is 11.9. The number of rotatable bonds is 6. The minimum absolute atomic E-state index is 0.151. The molecule has 3 rings (SSSR count). The van der Waals surface area contributed by atoms with Crippen molar-refractivity contribution >= 4 is 5.91 Å². The van der Waals surface area contributed by atoms with Crippen molar-refractivity contribution < 1.29 is 14.6 Å². The van der Waals surface area contributed by atoms with E-state index < -0.39 is 6.10 Å². The molecule has 3 fully saturated rings. The normalized spacial score (nSPS) is 32.9. The predicted molar refractivity (Wildman–Crippen MR) is 70.6 cm³/mol. The van der Waals surface area contributed by atoms with Crippen molar-refractivity contribution in [2.24, 2.45) is 17.8 Å². The average molecular weight is 268 g/mol. The number of aliphatic hydroxyl groups excluding tert-OH is 1. The lowest BCUT2D eigenvalue weighted by atomic mass is 10.2. The Morgan fingerprint density at radius 2 is 2.11 bits per heavy atom. The fourth-order valence-corrected chi connectivity index (χ4v) is 3.06. The van der Waals surface area contributed by atoms with E-state index in [2.05, 4.69) is 10.2 Å². The van der Waals surface area contributed by atoms with Crippen LogP contribution in [0, 0.1) is 17.8 Å². The van der Waals surface area contributed by atoms with E-state index in [-0.39, 0.29) is 11.8 Å². The number of carbonyl (C=O) groups excluding carboxylic acids is 1. The molecule has 0 aromatic rings. The molecule has 2 saturated carbocycles. The monoisotopic (exact) mass is 268 g/mol. The number of nitrogens with one attached hydrogen (secondary N) is 1. The number of carbonyl (C=O) groups is 1. The van der Waals surface area contributed by atoms with E-state index in [4.69, 9.17) is 4.74 Å². The Hall–Kier alpha value is -0.650. The van der Waals surface area contributed by atoms with Gasteiger partial charge in [-0.3, -0.25) is 9.69 Å². The first-order chi connectivity index (χ1) is 9.24. The van der Waals surface area contributed by atoms with E-state index in [9.17, 15) is 9.90 Å². The van der Waals surface area contributed by atoms with Crippen molar-refractivity contribution in [3.05, 3.63) is 0 Å². The molecule has 1 saturated heterocycles. The summed E-state index contributed by atoms with van der Waals surface area (Å²) in [4.78, 5) is 14.1. The van der Waals surface area contributed by atoms with Gasteiger partial charge in [-0.1, -0.05) is 0 Å². The fraction of sp³-hybridized carbons (Fsp3) is 0.929. The second kappa shape index (κ2) is 5.77.